The predicted octanol–water partition coefficient (Wildman–Crippen LogP) is 0.721. The molecule has 1 rings (SSSR count). The van der Waals surface area contributed by atoms with Gasteiger partial charge in [-0.3, -0.25) is 4.79 Å². The summed E-state index contributed by atoms with van der Waals surface area (Å²) in [6.07, 6.45) is -1.28. The lowest BCUT2D eigenvalue weighted by Gasteiger charge is -2.42. The van der Waals surface area contributed by atoms with Crippen molar-refractivity contribution in [1.29, 1.82) is 0 Å². The molecular formula is C11H20O4. The lowest BCUT2D eigenvalue weighted by atomic mass is 9.67. The summed E-state index contributed by atoms with van der Waals surface area (Å²) in [5.74, 6) is -1.86. The zero-order valence-electron chi connectivity index (χ0n) is 9.42. The molecule has 1 aliphatic carbocycles. The standard InChI is InChI=1S/C11H20O4/c1-5(2)8-7(11(14)15)4-6(3)9(12)10(8)13/h5-10,12-13H,4H2,1-3H3,(H,14,15)/t6-,7-,8+,9-,10-/m1/s1. The maximum Gasteiger partial charge on any atom is 0.306 e. The van der Waals surface area contributed by atoms with Crippen LogP contribution in [0.5, 0.6) is 0 Å². The summed E-state index contributed by atoms with van der Waals surface area (Å²) in [5, 5.41) is 28.7. The summed E-state index contributed by atoms with van der Waals surface area (Å²) >= 11 is 0. The molecule has 4 heteroatoms. The minimum Gasteiger partial charge on any atom is -0.481 e. The summed E-state index contributed by atoms with van der Waals surface area (Å²) in [6, 6.07) is 0. The molecule has 0 radical (unpaired) electrons. The van der Waals surface area contributed by atoms with E-state index in [2.05, 4.69) is 0 Å². The van der Waals surface area contributed by atoms with Gasteiger partial charge in [-0.15, -0.1) is 0 Å². The van der Waals surface area contributed by atoms with Crippen LogP contribution in [0.2, 0.25) is 0 Å². The van der Waals surface area contributed by atoms with Crippen LogP contribution >= 0.6 is 0 Å². The second-order valence-corrected chi connectivity index (χ2v) is 4.96. The highest BCUT2D eigenvalue weighted by atomic mass is 16.4. The highest BCUT2D eigenvalue weighted by molar-refractivity contribution is 5.70. The maximum absolute atomic E-state index is 11.1. The fourth-order valence-corrected chi connectivity index (χ4v) is 2.62. The molecule has 4 nitrogen and oxygen atoms in total. The van der Waals surface area contributed by atoms with Crippen molar-refractivity contribution < 1.29 is 20.1 Å². The van der Waals surface area contributed by atoms with E-state index in [0.29, 0.717) is 6.42 Å². The molecule has 5 atom stereocenters. The van der Waals surface area contributed by atoms with Crippen LogP contribution in [0.15, 0.2) is 0 Å². The number of carboxylic acids is 1. The Morgan fingerprint density at radius 2 is 1.80 bits per heavy atom. The minimum absolute atomic E-state index is 0.0586. The molecule has 0 saturated heterocycles. The van der Waals surface area contributed by atoms with Crippen LogP contribution in [0, 0.1) is 23.7 Å². The summed E-state index contributed by atoms with van der Waals surface area (Å²) in [6.45, 7) is 5.54. The van der Waals surface area contributed by atoms with Crippen molar-refractivity contribution >= 4 is 5.97 Å². The van der Waals surface area contributed by atoms with Gasteiger partial charge in [-0.2, -0.15) is 0 Å². The zero-order valence-corrected chi connectivity index (χ0v) is 9.42. The van der Waals surface area contributed by atoms with Crippen molar-refractivity contribution in [2.45, 2.75) is 39.4 Å². The lowest BCUT2D eigenvalue weighted by Crippen LogP contribution is -2.50. The Morgan fingerprint density at radius 3 is 2.20 bits per heavy atom. The van der Waals surface area contributed by atoms with E-state index in [0.717, 1.165) is 0 Å². The summed E-state index contributed by atoms with van der Waals surface area (Å²) in [7, 11) is 0. The normalized spacial score (nSPS) is 41.9. The molecular weight excluding hydrogens is 196 g/mol. The average molecular weight is 216 g/mol. The molecule has 0 aromatic rings. The largest absolute Gasteiger partial charge is 0.481 e. The van der Waals surface area contributed by atoms with Crippen LogP contribution in [0.1, 0.15) is 27.2 Å². The Bertz CT molecular complexity index is 239. The van der Waals surface area contributed by atoms with Gasteiger partial charge in [0.1, 0.15) is 0 Å². The number of aliphatic hydroxyl groups excluding tert-OH is 2. The number of rotatable bonds is 2. The fourth-order valence-electron chi connectivity index (χ4n) is 2.62. The first kappa shape index (κ1) is 12.5. The monoisotopic (exact) mass is 216 g/mol. The third kappa shape index (κ3) is 2.32. The summed E-state index contributed by atoms with van der Waals surface area (Å²) in [4.78, 5) is 11.1. The van der Waals surface area contributed by atoms with Crippen LogP contribution in [-0.4, -0.2) is 33.5 Å². The van der Waals surface area contributed by atoms with E-state index in [4.69, 9.17) is 5.11 Å². The van der Waals surface area contributed by atoms with E-state index in [1.165, 1.54) is 0 Å². The Hall–Kier alpha value is -0.610. The van der Waals surface area contributed by atoms with E-state index in [1.54, 1.807) is 6.92 Å². The lowest BCUT2D eigenvalue weighted by molar-refractivity contribution is -0.159. The van der Waals surface area contributed by atoms with E-state index in [9.17, 15) is 15.0 Å². The molecule has 88 valence electrons. The van der Waals surface area contributed by atoms with Crippen LogP contribution in [-0.2, 0) is 4.79 Å². The Kier molecular flexibility index (Phi) is 3.73. The Labute approximate surface area is 89.9 Å². The number of aliphatic hydroxyl groups is 2. The van der Waals surface area contributed by atoms with Gasteiger partial charge in [-0.05, 0) is 18.3 Å². The topological polar surface area (TPSA) is 77.8 Å². The molecule has 0 aromatic heterocycles. The van der Waals surface area contributed by atoms with Gasteiger partial charge in [0.05, 0.1) is 18.1 Å². The maximum atomic E-state index is 11.1. The number of aliphatic carboxylic acids is 1. The second-order valence-electron chi connectivity index (χ2n) is 4.96. The van der Waals surface area contributed by atoms with Gasteiger partial charge in [-0.1, -0.05) is 20.8 Å². The number of carbonyl (C=O) groups is 1. The van der Waals surface area contributed by atoms with Gasteiger partial charge >= 0.3 is 5.97 Å². The second kappa shape index (κ2) is 4.49. The van der Waals surface area contributed by atoms with Crippen LogP contribution in [0.3, 0.4) is 0 Å². The average Bonchev–Trinajstić information content (AvgIpc) is 2.12. The first-order valence-electron chi connectivity index (χ1n) is 5.45. The molecule has 1 aliphatic rings. The molecule has 0 aromatic carbocycles. The summed E-state index contributed by atoms with van der Waals surface area (Å²) in [5.41, 5.74) is 0. The molecule has 0 aliphatic heterocycles. The van der Waals surface area contributed by atoms with Gasteiger partial charge in [0.2, 0.25) is 0 Å². The van der Waals surface area contributed by atoms with E-state index in [1.807, 2.05) is 13.8 Å². The Morgan fingerprint density at radius 1 is 1.27 bits per heavy atom. The number of hydrogen-bond donors (Lipinski definition) is 3. The van der Waals surface area contributed by atoms with E-state index < -0.39 is 24.1 Å². The molecule has 1 fully saturated rings. The first-order chi connectivity index (χ1) is 6.86. The predicted molar refractivity (Wildman–Crippen MR) is 55.2 cm³/mol. The van der Waals surface area contributed by atoms with Crippen molar-refractivity contribution in [3.63, 3.8) is 0 Å². The molecule has 1 saturated carbocycles. The molecule has 0 unspecified atom stereocenters. The molecule has 3 N–H and O–H groups in total. The van der Waals surface area contributed by atoms with E-state index in [-0.39, 0.29) is 17.8 Å². The molecule has 15 heavy (non-hydrogen) atoms. The van der Waals surface area contributed by atoms with Gasteiger partial charge in [0.15, 0.2) is 0 Å². The third-order valence-corrected chi connectivity index (χ3v) is 3.50. The number of carboxylic acid groups (broad SMARTS) is 1. The van der Waals surface area contributed by atoms with Crippen molar-refractivity contribution in [2.75, 3.05) is 0 Å². The smallest absolute Gasteiger partial charge is 0.306 e. The molecule has 0 heterocycles. The van der Waals surface area contributed by atoms with Gasteiger partial charge in [-0.25, -0.2) is 0 Å². The van der Waals surface area contributed by atoms with Crippen molar-refractivity contribution in [3.8, 4) is 0 Å². The first-order valence-corrected chi connectivity index (χ1v) is 5.45. The van der Waals surface area contributed by atoms with Crippen LogP contribution in [0.25, 0.3) is 0 Å². The highest BCUT2D eigenvalue weighted by Crippen LogP contribution is 2.38. The van der Waals surface area contributed by atoms with Gasteiger partial charge in [0, 0.05) is 5.92 Å². The third-order valence-electron chi connectivity index (χ3n) is 3.50. The molecule has 0 bridgehead atoms. The minimum atomic E-state index is -0.921. The quantitative estimate of drug-likeness (QED) is 0.635. The van der Waals surface area contributed by atoms with Crippen molar-refractivity contribution in [2.24, 2.45) is 23.7 Å². The Balaban J connectivity index is 2.91. The zero-order chi connectivity index (χ0) is 11.7. The van der Waals surface area contributed by atoms with Crippen molar-refractivity contribution in [1.82, 2.24) is 0 Å². The van der Waals surface area contributed by atoms with Gasteiger partial charge < -0.3 is 15.3 Å². The van der Waals surface area contributed by atoms with Crippen LogP contribution in [0.4, 0.5) is 0 Å². The summed E-state index contributed by atoms with van der Waals surface area (Å²) < 4.78 is 0. The molecule has 0 spiro atoms. The van der Waals surface area contributed by atoms with E-state index >= 15 is 0 Å². The van der Waals surface area contributed by atoms with Gasteiger partial charge in [0.25, 0.3) is 0 Å². The molecule has 0 amide bonds. The highest BCUT2D eigenvalue weighted by Gasteiger charge is 2.45. The fraction of sp³-hybridized carbons (Fsp3) is 0.909. The van der Waals surface area contributed by atoms with Crippen LogP contribution < -0.4 is 0 Å². The van der Waals surface area contributed by atoms with Crippen molar-refractivity contribution in [3.05, 3.63) is 0 Å². The number of hydrogen-bond acceptors (Lipinski definition) is 3. The SMILES string of the molecule is CC(C)[C@@H]1[C@@H](O)[C@H](O)[C@H](C)C[C@H]1C(=O)O.